The van der Waals surface area contributed by atoms with Crippen LogP contribution in [0.5, 0.6) is 0 Å². The fourth-order valence-corrected chi connectivity index (χ4v) is 1.50. The SMILES string of the molecule is CC1=NCC/C=C/c2cnccc2/C=C\1. The van der Waals surface area contributed by atoms with E-state index in [1.807, 2.05) is 25.4 Å². The Hall–Kier alpha value is -1.70. The van der Waals surface area contributed by atoms with Gasteiger partial charge in [-0.1, -0.05) is 18.2 Å². The Balaban J connectivity index is 2.42. The molecule has 2 nitrogen and oxygen atoms in total. The molecule has 1 aromatic heterocycles. The van der Waals surface area contributed by atoms with Crippen LogP contribution in [0.4, 0.5) is 0 Å². The van der Waals surface area contributed by atoms with Gasteiger partial charge in [0.05, 0.1) is 0 Å². The van der Waals surface area contributed by atoms with E-state index in [-0.39, 0.29) is 0 Å². The standard InChI is InChI=1S/C13H14N2/c1-11-5-6-12-7-9-14-10-13(12)4-2-3-8-15-11/h2,4-7,9-10H,3,8H2,1H3/b4-2+,6-5-,15-11?. The normalized spacial score (nSPS) is 19.9. The minimum absolute atomic E-state index is 0.863. The van der Waals surface area contributed by atoms with Crippen LogP contribution in [-0.2, 0) is 0 Å². The van der Waals surface area contributed by atoms with Crippen molar-refractivity contribution in [3.05, 3.63) is 41.7 Å². The van der Waals surface area contributed by atoms with Gasteiger partial charge < -0.3 is 0 Å². The second kappa shape index (κ2) is 4.69. The molecule has 0 saturated heterocycles. The van der Waals surface area contributed by atoms with Crippen molar-refractivity contribution in [1.82, 2.24) is 4.98 Å². The highest BCUT2D eigenvalue weighted by atomic mass is 14.7. The molecule has 0 aromatic carbocycles. The van der Waals surface area contributed by atoms with Crippen LogP contribution >= 0.6 is 0 Å². The Kier molecular flexibility index (Phi) is 3.08. The molecule has 1 aromatic rings. The maximum atomic E-state index is 4.42. The van der Waals surface area contributed by atoms with Crippen molar-refractivity contribution < 1.29 is 0 Å². The maximum Gasteiger partial charge on any atom is 0.0427 e. The third kappa shape index (κ3) is 2.62. The topological polar surface area (TPSA) is 25.2 Å². The number of allylic oxidation sites excluding steroid dienone is 1. The van der Waals surface area contributed by atoms with Crippen molar-refractivity contribution in [2.24, 2.45) is 4.99 Å². The third-order valence-electron chi connectivity index (χ3n) is 2.35. The van der Waals surface area contributed by atoms with E-state index in [2.05, 4.69) is 34.3 Å². The summed E-state index contributed by atoms with van der Waals surface area (Å²) in [6.45, 7) is 2.89. The fraction of sp³-hybridized carbons (Fsp3) is 0.231. The summed E-state index contributed by atoms with van der Waals surface area (Å²) in [7, 11) is 0. The lowest BCUT2D eigenvalue weighted by Crippen LogP contribution is -1.91. The first-order chi connectivity index (χ1) is 7.36. The summed E-state index contributed by atoms with van der Waals surface area (Å²) in [5.74, 6) is 0. The number of aliphatic imine (C=N–C) groups is 1. The van der Waals surface area contributed by atoms with Crippen LogP contribution in [0.25, 0.3) is 12.2 Å². The summed E-state index contributed by atoms with van der Waals surface area (Å²) >= 11 is 0. The Morgan fingerprint density at radius 1 is 1.13 bits per heavy atom. The van der Waals surface area contributed by atoms with Gasteiger partial charge in [-0.15, -0.1) is 0 Å². The summed E-state index contributed by atoms with van der Waals surface area (Å²) in [6, 6.07) is 2.02. The van der Waals surface area contributed by atoms with Crippen LogP contribution in [0.2, 0.25) is 0 Å². The van der Waals surface area contributed by atoms with Crippen molar-refractivity contribution in [2.45, 2.75) is 13.3 Å². The van der Waals surface area contributed by atoms with Crippen LogP contribution in [0.15, 0.2) is 35.6 Å². The van der Waals surface area contributed by atoms with Crippen LogP contribution in [0.3, 0.4) is 0 Å². The lowest BCUT2D eigenvalue weighted by molar-refractivity contribution is 1.01. The molecule has 1 aliphatic heterocycles. The van der Waals surface area contributed by atoms with E-state index in [0.717, 1.165) is 18.7 Å². The molecule has 0 bridgehead atoms. The smallest absolute Gasteiger partial charge is 0.0427 e. The number of aromatic nitrogens is 1. The monoisotopic (exact) mass is 198 g/mol. The number of pyridine rings is 1. The molecule has 0 amide bonds. The summed E-state index contributed by atoms with van der Waals surface area (Å²) in [5.41, 5.74) is 3.44. The van der Waals surface area contributed by atoms with E-state index >= 15 is 0 Å². The molecule has 0 unspecified atom stereocenters. The molecule has 76 valence electrons. The molecule has 0 radical (unpaired) electrons. The number of rotatable bonds is 0. The van der Waals surface area contributed by atoms with Gasteiger partial charge in [-0.2, -0.15) is 0 Å². The number of fused-ring (bicyclic) bond motifs is 1. The molecule has 1 aliphatic rings. The molecule has 0 atom stereocenters. The Morgan fingerprint density at radius 3 is 3.00 bits per heavy atom. The maximum absolute atomic E-state index is 4.42. The van der Waals surface area contributed by atoms with Gasteiger partial charge in [0.1, 0.15) is 0 Å². The largest absolute Gasteiger partial charge is 0.290 e. The van der Waals surface area contributed by atoms with Crippen molar-refractivity contribution in [3.63, 3.8) is 0 Å². The summed E-state index contributed by atoms with van der Waals surface area (Å²) in [6.07, 6.45) is 13.1. The lowest BCUT2D eigenvalue weighted by atomic mass is 10.1. The van der Waals surface area contributed by atoms with Gasteiger partial charge in [-0.05, 0) is 36.6 Å². The first-order valence-electron chi connectivity index (χ1n) is 5.16. The van der Waals surface area contributed by atoms with Gasteiger partial charge in [-0.3, -0.25) is 9.98 Å². The molecule has 0 N–H and O–H groups in total. The van der Waals surface area contributed by atoms with E-state index in [9.17, 15) is 0 Å². The summed E-state index contributed by atoms with van der Waals surface area (Å²) in [5, 5.41) is 0. The van der Waals surface area contributed by atoms with E-state index in [4.69, 9.17) is 0 Å². The molecule has 2 rings (SSSR count). The average Bonchev–Trinajstić information content (AvgIpc) is 2.27. The lowest BCUT2D eigenvalue weighted by Gasteiger charge is -2.01. The predicted octanol–water partition coefficient (Wildman–Crippen LogP) is 2.97. The molecular formula is C13H14N2. The molecule has 0 spiro atoms. The minimum Gasteiger partial charge on any atom is -0.290 e. The molecule has 0 saturated carbocycles. The van der Waals surface area contributed by atoms with Crippen LogP contribution in [0, 0.1) is 0 Å². The minimum atomic E-state index is 0.863. The van der Waals surface area contributed by atoms with Crippen molar-refractivity contribution in [1.29, 1.82) is 0 Å². The fourth-order valence-electron chi connectivity index (χ4n) is 1.50. The van der Waals surface area contributed by atoms with Gasteiger partial charge in [0.2, 0.25) is 0 Å². The Bertz CT molecular complexity index is 428. The van der Waals surface area contributed by atoms with Gasteiger partial charge in [0.25, 0.3) is 0 Å². The van der Waals surface area contributed by atoms with Crippen LogP contribution < -0.4 is 0 Å². The number of nitrogens with zero attached hydrogens (tertiary/aromatic N) is 2. The molecule has 0 fully saturated rings. The van der Waals surface area contributed by atoms with Crippen LogP contribution in [-0.4, -0.2) is 17.2 Å². The van der Waals surface area contributed by atoms with E-state index < -0.39 is 0 Å². The molecule has 15 heavy (non-hydrogen) atoms. The van der Waals surface area contributed by atoms with Gasteiger partial charge in [0.15, 0.2) is 0 Å². The first kappa shape index (κ1) is 9.84. The molecule has 0 aliphatic carbocycles. The highest BCUT2D eigenvalue weighted by Gasteiger charge is 1.96. The molecule has 2 heteroatoms. The van der Waals surface area contributed by atoms with Gasteiger partial charge in [0, 0.05) is 24.7 Å². The zero-order valence-electron chi connectivity index (χ0n) is 8.85. The van der Waals surface area contributed by atoms with Gasteiger partial charge in [-0.25, -0.2) is 0 Å². The first-order valence-corrected chi connectivity index (χ1v) is 5.16. The summed E-state index contributed by atoms with van der Waals surface area (Å²) in [4.78, 5) is 8.55. The van der Waals surface area contributed by atoms with Crippen molar-refractivity contribution in [3.8, 4) is 0 Å². The van der Waals surface area contributed by atoms with Gasteiger partial charge >= 0.3 is 0 Å². The zero-order valence-corrected chi connectivity index (χ0v) is 8.85. The highest BCUT2D eigenvalue weighted by molar-refractivity contribution is 5.96. The highest BCUT2D eigenvalue weighted by Crippen LogP contribution is 2.12. The predicted molar refractivity (Wildman–Crippen MR) is 64.9 cm³/mol. The Labute approximate surface area is 90.1 Å². The second-order valence-electron chi connectivity index (χ2n) is 3.55. The van der Waals surface area contributed by atoms with E-state index in [1.54, 1.807) is 0 Å². The molecule has 2 heterocycles. The average molecular weight is 198 g/mol. The van der Waals surface area contributed by atoms with Crippen molar-refractivity contribution in [2.75, 3.05) is 6.54 Å². The quantitative estimate of drug-likeness (QED) is 0.629. The number of hydrogen-bond acceptors (Lipinski definition) is 2. The zero-order chi connectivity index (χ0) is 10.5. The second-order valence-corrected chi connectivity index (χ2v) is 3.55. The third-order valence-corrected chi connectivity index (χ3v) is 2.35. The molecular weight excluding hydrogens is 184 g/mol. The van der Waals surface area contributed by atoms with Crippen molar-refractivity contribution >= 4 is 17.9 Å². The van der Waals surface area contributed by atoms with E-state index in [0.29, 0.717) is 0 Å². The van der Waals surface area contributed by atoms with E-state index in [1.165, 1.54) is 11.1 Å². The Morgan fingerprint density at radius 2 is 2.07 bits per heavy atom. The summed E-state index contributed by atoms with van der Waals surface area (Å²) < 4.78 is 0. The number of hydrogen-bond donors (Lipinski definition) is 0. The van der Waals surface area contributed by atoms with Crippen LogP contribution in [0.1, 0.15) is 24.5 Å².